The van der Waals surface area contributed by atoms with Crippen LogP contribution in [0.25, 0.3) is 10.9 Å². The zero-order valence-corrected chi connectivity index (χ0v) is 11.9. The number of methoxy groups -OCH3 is 1. The van der Waals surface area contributed by atoms with Gasteiger partial charge in [0.05, 0.1) is 11.6 Å². The summed E-state index contributed by atoms with van der Waals surface area (Å²) in [7, 11) is 1.77. The van der Waals surface area contributed by atoms with Gasteiger partial charge in [0.15, 0.2) is 0 Å². The van der Waals surface area contributed by atoms with Crippen LogP contribution in [0.2, 0.25) is 0 Å². The summed E-state index contributed by atoms with van der Waals surface area (Å²) in [5.41, 5.74) is 6.74. The van der Waals surface area contributed by atoms with E-state index in [1.54, 1.807) is 7.11 Å². The van der Waals surface area contributed by atoms with E-state index >= 15 is 0 Å². The van der Waals surface area contributed by atoms with Gasteiger partial charge < -0.3 is 15.4 Å². The number of ether oxygens (including phenoxy) is 1. The molecule has 2 atom stereocenters. The third-order valence-corrected chi connectivity index (χ3v) is 4.09. The molecular weight excluding hydrogens is 252 g/mol. The number of nitrogens with two attached hydrogens (primary N) is 1. The second-order valence-corrected chi connectivity index (χ2v) is 5.41. The highest BCUT2D eigenvalue weighted by Gasteiger charge is 2.27. The van der Waals surface area contributed by atoms with Crippen molar-refractivity contribution in [1.29, 1.82) is 0 Å². The molecule has 2 unspecified atom stereocenters. The molecular formula is C15H20N4O. The van der Waals surface area contributed by atoms with Crippen LogP contribution in [0, 0.1) is 5.92 Å². The standard InChI is InChI=1S/C15H20N4O/c1-10-7-8-19(9-13(10)20-2)14-11-5-3-4-6-12(11)17-15(16)18-14/h3-6,10,13H,7-9H2,1-2H3,(H2,16,17,18). The third kappa shape index (κ3) is 2.29. The SMILES string of the molecule is COC1CN(c2nc(N)nc3ccccc23)CCC1C. The highest BCUT2D eigenvalue weighted by Crippen LogP contribution is 2.29. The number of piperidine rings is 1. The van der Waals surface area contributed by atoms with E-state index in [1.165, 1.54) is 0 Å². The molecule has 1 saturated heterocycles. The summed E-state index contributed by atoms with van der Waals surface area (Å²) in [6.07, 6.45) is 1.33. The zero-order chi connectivity index (χ0) is 14.1. The second-order valence-electron chi connectivity index (χ2n) is 5.41. The smallest absolute Gasteiger partial charge is 0.222 e. The van der Waals surface area contributed by atoms with E-state index < -0.39 is 0 Å². The number of anilines is 2. The van der Waals surface area contributed by atoms with Crippen LogP contribution >= 0.6 is 0 Å². The Hall–Kier alpha value is -1.88. The normalized spacial score (nSPS) is 23.2. The van der Waals surface area contributed by atoms with Gasteiger partial charge in [-0.25, -0.2) is 4.98 Å². The Morgan fingerprint density at radius 2 is 2.10 bits per heavy atom. The molecule has 0 amide bonds. The lowest BCUT2D eigenvalue weighted by molar-refractivity contribution is 0.0497. The molecule has 0 saturated carbocycles. The molecule has 1 aromatic carbocycles. The summed E-state index contributed by atoms with van der Waals surface area (Å²) >= 11 is 0. The number of nitrogen functional groups attached to an aromatic ring is 1. The van der Waals surface area contributed by atoms with Crippen molar-refractivity contribution in [3.8, 4) is 0 Å². The van der Waals surface area contributed by atoms with Crippen LogP contribution in [0.4, 0.5) is 11.8 Å². The molecule has 0 bridgehead atoms. The fraction of sp³-hybridized carbons (Fsp3) is 0.467. The minimum Gasteiger partial charge on any atom is -0.379 e. The summed E-state index contributed by atoms with van der Waals surface area (Å²) in [6.45, 7) is 4.05. The Labute approximate surface area is 118 Å². The molecule has 1 aliphatic heterocycles. The number of para-hydroxylation sites is 1. The van der Waals surface area contributed by atoms with Crippen molar-refractivity contribution in [3.05, 3.63) is 24.3 Å². The van der Waals surface area contributed by atoms with Gasteiger partial charge in [-0.2, -0.15) is 4.98 Å². The first-order chi connectivity index (χ1) is 9.69. The molecule has 2 aromatic rings. The van der Waals surface area contributed by atoms with E-state index in [0.717, 1.165) is 36.2 Å². The molecule has 3 rings (SSSR count). The monoisotopic (exact) mass is 272 g/mol. The summed E-state index contributed by atoms with van der Waals surface area (Å²) in [5.74, 6) is 1.81. The van der Waals surface area contributed by atoms with Gasteiger partial charge >= 0.3 is 0 Å². The van der Waals surface area contributed by atoms with Crippen LogP contribution in [0.3, 0.4) is 0 Å². The van der Waals surface area contributed by atoms with Crippen LogP contribution in [-0.4, -0.2) is 36.3 Å². The minimum atomic E-state index is 0.235. The van der Waals surface area contributed by atoms with E-state index in [-0.39, 0.29) is 6.10 Å². The number of benzene rings is 1. The molecule has 2 N–H and O–H groups in total. The fourth-order valence-corrected chi connectivity index (χ4v) is 2.85. The maximum atomic E-state index is 5.85. The second kappa shape index (κ2) is 5.25. The average Bonchev–Trinajstić information content (AvgIpc) is 2.47. The Morgan fingerprint density at radius 1 is 1.30 bits per heavy atom. The number of aromatic nitrogens is 2. The molecule has 20 heavy (non-hydrogen) atoms. The molecule has 0 aliphatic carbocycles. The van der Waals surface area contributed by atoms with Gasteiger partial charge in [-0.1, -0.05) is 19.1 Å². The summed E-state index contributed by atoms with van der Waals surface area (Å²) in [4.78, 5) is 11.0. The van der Waals surface area contributed by atoms with Crippen LogP contribution in [0.5, 0.6) is 0 Å². The number of nitrogens with zero attached hydrogens (tertiary/aromatic N) is 3. The van der Waals surface area contributed by atoms with Gasteiger partial charge in [-0.15, -0.1) is 0 Å². The predicted octanol–water partition coefficient (Wildman–Crippen LogP) is 2.07. The first-order valence-electron chi connectivity index (χ1n) is 6.99. The predicted molar refractivity (Wildman–Crippen MR) is 80.7 cm³/mol. The number of hydrogen-bond donors (Lipinski definition) is 1. The highest BCUT2D eigenvalue weighted by atomic mass is 16.5. The average molecular weight is 272 g/mol. The summed E-state index contributed by atoms with van der Waals surface area (Å²) in [6, 6.07) is 7.99. The van der Waals surface area contributed by atoms with Crippen molar-refractivity contribution in [3.63, 3.8) is 0 Å². The van der Waals surface area contributed by atoms with Crippen LogP contribution in [0.1, 0.15) is 13.3 Å². The number of rotatable bonds is 2. The fourth-order valence-electron chi connectivity index (χ4n) is 2.85. The lowest BCUT2D eigenvalue weighted by Crippen LogP contribution is -2.44. The van der Waals surface area contributed by atoms with Crippen molar-refractivity contribution in [2.75, 3.05) is 30.8 Å². The maximum Gasteiger partial charge on any atom is 0.222 e. The zero-order valence-electron chi connectivity index (χ0n) is 11.9. The summed E-state index contributed by atoms with van der Waals surface area (Å²) in [5, 5.41) is 1.05. The van der Waals surface area contributed by atoms with Crippen LogP contribution in [-0.2, 0) is 4.74 Å². The molecule has 0 radical (unpaired) electrons. The first kappa shape index (κ1) is 13.1. The van der Waals surface area contributed by atoms with Gasteiger partial charge in [0.1, 0.15) is 5.82 Å². The molecule has 2 heterocycles. The molecule has 1 aliphatic rings. The molecule has 106 valence electrons. The Morgan fingerprint density at radius 3 is 2.90 bits per heavy atom. The Balaban J connectivity index is 2.01. The lowest BCUT2D eigenvalue weighted by atomic mass is 9.95. The largest absolute Gasteiger partial charge is 0.379 e. The Bertz CT molecular complexity index is 616. The Kier molecular flexibility index (Phi) is 3.44. The van der Waals surface area contributed by atoms with Gasteiger partial charge in [-0.05, 0) is 24.5 Å². The van der Waals surface area contributed by atoms with Crippen LogP contribution < -0.4 is 10.6 Å². The quantitative estimate of drug-likeness (QED) is 0.906. The molecule has 5 nitrogen and oxygen atoms in total. The molecule has 0 spiro atoms. The minimum absolute atomic E-state index is 0.235. The van der Waals surface area contributed by atoms with Crippen molar-refractivity contribution in [1.82, 2.24) is 9.97 Å². The van der Waals surface area contributed by atoms with Crippen LogP contribution in [0.15, 0.2) is 24.3 Å². The number of fused-ring (bicyclic) bond motifs is 1. The third-order valence-electron chi connectivity index (χ3n) is 4.09. The van der Waals surface area contributed by atoms with Crippen molar-refractivity contribution >= 4 is 22.7 Å². The lowest BCUT2D eigenvalue weighted by Gasteiger charge is -2.37. The summed E-state index contributed by atoms with van der Waals surface area (Å²) < 4.78 is 5.58. The molecule has 1 fully saturated rings. The first-order valence-corrected chi connectivity index (χ1v) is 6.99. The van der Waals surface area contributed by atoms with E-state index in [0.29, 0.717) is 11.9 Å². The van der Waals surface area contributed by atoms with Gasteiger partial charge in [0.25, 0.3) is 0 Å². The molecule has 5 heteroatoms. The highest BCUT2D eigenvalue weighted by molar-refractivity contribution is 5.90. The topological polar surface area (TPSA) is 64.3 Å². The van der Waals surface area contributed by atoms with Crippen molar-refractivity contribution in [2.24, 2.45) is 5.92 Å². The maximum absolute atomic E-state index is 5.85. The van der Waals surface area contributed by atoms with E-state index in [9.17, 15) is 0 Å². The van der Waals surface area contributed by atoms with Gasteiger partial charge in [0.2, 0.25) is 5.95 Å². The van der Waals surface area contributed by atoms with Gasteiger partial charge in [-0.3, -0.25) is 0 Å². The van der Waals surface area contributed by atoms with E-state index in [4.69, 9.17) is 10.5 Å². The van der Waals surface area contributed by atoms with E-state index in [2.05, 4.69) is 21.8 Å². The number of hydrogen-bond acceptors (Lipinski definition) is 5. The molecule has 1 aromatic heterocycles. The van der Waals surface area contributed by atoms with Crippen molar-refractivity contribution < 1.29 is 4.74 Å². The van der Waals surface area contributed by atoms with E-state index in [1.807, 2.05) is 24.3 Å². The van der Waals surface area contributed by atoms with Crippen molar-refractivity contribution in [2.45, 2.75) is 19.4 Å². The van der Waals surface area contributed by atoms with Gasteiger partial charge in [0, 0.05) is 25.6 Å².